The second-order valence-corrected chi connectivity index (χ2v) is 8.10. The first-order valence-electron chi connectivity index (χ1n) is 8.16. The van der Waals surface area contributed by atoms with E-state index in [1.54, 1.807) is 36.7 Å². The third-order valence-electron chi connectivity index (χ3n) is 3.83. The average molecular weight is 390 g/mol. The number of carbonyl (C=O) groups excluding carboxylic acids is 2. The molecule has 0 aliphatic carbocycles. The standard InChI is InChI=1S/C18H18N2O6S/c21-17(7-5-13-3-1-9-19-13)25-15-11-27(23,24)12-16(15)26-18(22)8-6-14-4-2-10-20-14/h1-10,15-16,19-20H,11-12H2/b7-5+,8-6+/t15-,16-/m0/s1. The molecule has 0 bridgehead atoms. The summed E-state index contributed by atoms with van der Waals surface area (Å²) in [6.07, 6.45) is 6.69. The van der Waals surface area contributed by atoms with E-state index in [1.807, 2.05) is 0 Å². The van der Waals surface area contributed by atoms with Crippen molar-refractivity contribution in [3.8, 4) is 0 Å². The summed E-state index contributed by atoms with van der Waals surface area (Å²) in [5, 5.41) is 0. The number of aromatic amines is 2. The van der Waals surface area contributed by atoms with Gasteiger partial charge in [-0.15, -0.1) is 0 Å². The number of aromatic nitrogens is 2. The Morgan fingerprint density at radius 1 is 0.889 bits per heavy atom. The molecule has 0 spiro atoms. The van der Waals surface area contributed by atoms with Crippen LogP contribution in [0.15, 0.2) is 48.8 Å². The predicted molar refractivity (Wildman–Crippen MR) is 98.1 cm³/mol. The molecule has 2 atom stereocenters. The van der Waals surface area contributed by atoms with Gasteiger partial charge in [-0.25, -0.2) is 18.0 Å². The maximum atomic E-state index is 11.9. The third kappa shape index (κ3) is 5.45. The summed E-state index contributed by atoms with van der Waals surface area (Å²) in [6.45, 7) is 0. The van der Waals surface area contributed by atoms with Crippen molar-refractivity contribution in [2.45, 2.75) is 12.2 Å². The molecule has 3 rings (SSSR count). The number of sulfone groups is 1. The minimum absolute atomic E-state index is 0.382. The van der Waals surface area contributed by atoms with Crippen molar-refractivity contribution in [1.29, 1.82) is 0 Å². The van der Waals surface area contributed by atoms with Crippen molar-refractivity contribution in [2.24, 2.45) is 0 Å². The molecule has 1 saturated heterocycles. The van der Waals surface area contributed by atoms with Crippen molar-refractivity contribution in [1.82, 2.24) is 9.97 Å². The van der Waals surface area contributed by atoms with E-state index >= 15 is 0 Å². The van der Waals surface area contributed by atoms with E-state index in [2.05, 4.69) is 9.97 Å². The molecular weight excluding hydrogens is 372 g/mol. The molecule has 9 heteroatoms. The van der Waals surface area contributed by atoms with Gasteiger partial charge in [0.2, 0.25) is 0 Å². The molecule has 27 heavy (non-hydrogen) atoms. The lowest BCUT2D eigenvalue weighted by Crippen LogP contribution is -2.33. The molecule has 2 N–H and O–H groups in total. The van der Waals surface area contributed by atoms with Gasteiger partial charge in [-0.3, -0.25) is 0 Å². The van der Waals surface area contributed by atoms with Crippen LogP contribution in [0.1, 0.15) is 11.4 Å². The summed E-state index contributed by atoms with van der Waals surface area (Å²) in [6, 6.07) is 7.05. The van der Waals surface area contributed by atoms with Gasteiger partial charge in [0.15, 0.2) is 22.0 Å². The van der Waals surface area contributed by atoms with E-state index in [0.717, 1.165) is 0 Å². The molecule has 0 saturated carbocycles. The maximum Gasteiger partial charge on any atom is 0.331 e. The van der Waals surface area contributed by atoms with E-state index in [9.17, 15) is 18.0 Å². The van der Waals surface area contributed by atoms with Crippen LogP contribution in [0.25, 0.3) is 12.2 Å². The molecule has 142 valence electrons. The molecule has 1 aliphatic rings. The normalized spacial score (nSPS) is 21.6. The second kappa shape index (κ2) is 8.09. The first-order valence-corrected chi connectivity index (χ1v) is 9.98. The zero-order valence-corrected chi connectivity index (χ0v) is 15.0. The highest BCUT2D eigenvalue weighted by molar-refractivity contribution is 7.91. The quantitative estimate of drug-likeness (QED) is 0.567. The van der Waals surface area contributed by atoms with Crippen LogP contribution in [0.2, 0.25) is 0 Å². The zero-order chi connectivity index (χ0) is 19.3. The molecule has 0 amide bonds. The summed E-state index contributed by atoms with van der Waals surface area (Å²) < 4.78 is 34.1. The number of ether oxygens (including phenoxy) is 2. The van der Waals surface area contributed by atoms with E-state index < -0.39 is 34.0 Å². The van der Waals surface area contributed by atoms with Crippen molar-refractivity contribution in [3.05, 3.63) is 60.2 Å². The number of nitrogens with one attached hydrogen (secondary N) is 2. The van der Waals surface area contributed by atoms with Crippen molar-refractivity contribution < 1.29 is 27.5 Å². The maximum absolute atomic E-state index is 11.9. The molecule has 3 heterocycles. The lowest BCUT2D eigenvalue weighted by Gasteiger charge is -2.17. The van der Waals surface area contributed by atoms with E-state index in [4.69, 9.17) is 9.47 Å². The molecule has 1 fully saturated rings. The Morgan fingerprint density at radius 3 is 1.70 bits per heavy atom. The molecule has 0 radical (unpaired) electrons. The topological polar surface area (TPSA) is 118 Å². The zero-order valence-electron chi connectivity index (χ0n) is 14.2. The number of H-pyrrole nitrogens is 2. The Kier molecular flexibility index (Phi) is 5.60. The Labute approximate surface area is 155 Å². The van der Waals surface area contributed by atoms with E-state index in [0.29, 0.717) is 11.4 Å². The Bertz CT molecular complexity index is 870. The van der Waals surface area contributed by atoms with Gasteiger partial charge in [0.1, 0.15) is 0 Å². The molecule has 8 nitrogen and oxygen atoms in total. The van der Waals surface area contributed by atoms with Gasteiger partial charge in [-0.05, 0) is 36.4 Å². The van der Waals surface area contributed by atoms with Crippen LogP contribution in [0.4, 0.5) is 0 Å². The van der Waals surface area contributed by atoms with Crippen LogP contribution < -0.4 is 0 Å². The summed E-state index contributed by atoms with van der Waals surface area (Å²) in [4.78, 5) is 29.7. The fourth-order valence-electron chi connectivity index (χ4n) is 2.59. The minimum atomic E-state index is -3.47. The largest absolute Gasteiger partial charge is 0.454 e. The molecule has 0 unspecified atom stereocenters. The van der Waals surface area contributed by atoms with Crippen molar-refractivity contribution >= 4 is 33.9 Å². The van der Waals surface area contributed by atoms with Crippen LogP contribution in [0.3, 0.4) is 0 Å². The smallest absolute Gasteiger partial charge is 0.331 e. The molecule has 0 aromatic carbocycles. The highest BCUT2D eigenvalue weighted by Crippen LogP contribution is 2.20. The van der Waals surface area contributed by atoms with E-state index in [1.165, 1.54) is 24.3 Å². The lowest BCUT2D eigenvalue weighted by atomic mass is 10.2. The van der Waals surface area contributed by atoms with Crippen LogP contribution in [0.5, 0.6) is 0 Å². The monoisotopic (exact) mass is 390 g/mol. The molecule has 1 aliphatic heterocycles. The molecule has 2 aromatic heterocycles. The summed E-state index contributed by atoms with van der Waals surface area (Å²) >= 11 is 0. The summed E-state index contributed by atoms with van der Waals surface area (Å²) in [5.74, 6) is -2.19. The predicted octanol–water partition coefficient (Wildman–Crippen LogP) is 1.32. The highest BCUT2D eigenvalue weighted by atomic mass is 32.2. The van der Waals surface area contributed by atoms with Crippen LogP contribution in [-0.2, 0) is 28.9 Å². The van der Waals surface area contributed by atoms with Gasteiger partial charge in [0.25, 0.3) is 0 Å². The van der Waals surface area contributed by atoms with Gasteiger partial charge in [-0.1, -0.05) is 0 Å². The number of rotatable bonds is 6. The fourth-order valence-corrected chi connectivity index (χ4v) is 4.29. The fraction of sp³-hybridized carbons (Fsp3) is 0.222. The van der Waals surface area contributed by atoms with Crippen molar-refractivity contribution in [3.63, 3.8) is 0 Å². The Morgan fingerprint density at radius 2 is 1.33 bits per heavy atom. The van der Waals surface area contributed by atoms with Gasteiger partial charge in [-0.2, -0.15) is 0 Å². The van der Waals surface area contributed by atoms with Crippen LogP contribution >= 0.6 is 0 Å². The lowest BCUT2D eigenvalue weighted by molar-refractivity contribution is -0.157. The SMILES string of the molecule is O=C(/C=C/c1ccc[nH]1)O[C@H]1CS(=O)(=O)C[C@@H]1OC(=O)/C=C/c1ccc[nH]1. The third-order valence-corrected chi connectivity index (χ3v) is 5.50. The first kappa shape index (κ1) is 18.7. The number of hydrogen-bond acceptors (Lipinski definition) is 6. The van der Waals surface area contributed by atoms with Gasteiger partial charge < -0.3 is 19.4 Å². The minimum Gasteiger partial charge on any atom is -0.454 e. The summed E-state index contributed by atoms with van der Waals surface area (Å²) in [5.41, 5.74) is 1.40. The Hall–Kier alpha value is -3.07. The van der Waals surface area contributed by atoms with Crippen molar-refractivity contribution in [2.75, 3.05) is 11.5 Å². The number of carbonyl (C=O) groups is 2. The van der Waals surface area contributed by atoms with Gasteiger partial charge in [0.05, 0.1) is 11.5 Å². The Balaban J connectivity index is 1.60. The summed E-state index contributed by atoms with van der Waals surface area (Å²) in [7, 11) is -3.47. The van der Waals surface area contributed by atoms with Crippen LogP contribution in [-0.4, -0.2) is 54.0 Å². The molecule has 2 aromatic rings. The van der Waals surface area contributed by atoms with Gasteiger partial charge in [0, 0.05) is 35.9 Å². The highest BCUT2D eigenvalue weighted by Gasteiger charge is 2.42. The first-order chi connectivity index (χ1) is 12.9. The van der Waals surface area contributed by atoms with Crippen LogP contribution in [0, 0.1) is 0 Å². The van der Waals surface area contributed by atoms with Gasteiger partial charge >= 0.3 is 11.9 Å². The number of esters is 2. The van der Waals surface area contributed by atoms with E-state index in [-0.39, 0.29) is 11.5 Å². The average Bonchev–Trinajstić information content (AvgIpc) is 3.33. The second-order valence-electron chi connectivity index (χ2n) is 5.95. The molecular formula is C18H18N2O6S. The number of hydrogen-bond donors (Lipinski definition) is 2.